The highest BCUT2D eigenvalue weighted by molar-refractivity contribution is 5.10. The molecule has 2 aliphatic heterocycles. The van der Waals surface area contributed by atoms with Crippen LogP contribution in [0.5, 0.6) is 0 Å². The van der Waals surface area contributed by atoms with Gasteiger partial charge < -0.3 is 16.2 Å². The van der Waals surface area contributed by atoms with E-state index in [0.717, 1.165) is 25.7 Å². The minimum atomic E-state index is -0.519. The van der Waals surface area contributed by atoms with Crippen molar-refractivity contribution in [1.82, 2.24) is 5.32 Å². The second-order valence-electron chi connectivity index (χ2n) is 8.23. The molecule has 0 aromatic rings. The zero-order chi connectivity index (χ0) is 13.7. The van der Waals surface area contributed by atoms with E-state index in [0.29, 0.717) is 24.0 Å². The second-order valence-corrected chi connectivity index (χ2v) is 8.23. The van der Waals surface area contributed by atoms with Crippen LogP contribution in [0.1, 0.15) is 65.2 Å². The van der Waals surface area contributed by atoms with Gasteiger partial charge >= 0.3 is 0 Å². The van der Waals surface area contributed by atoms with E-state index >= 15 is 0 Å². The molecule has 3 rings (SSSR count). The van der Waals surface area contributed by atoms with Gasteiger partial charge in [0.05, 0.1) is 5.60 Å². The molecule has 2 atom stereocenters. The summed E-state index contributed by atoms with van der Waals surface area (Å²) in [6.07, 6.45) is 8.92. The Labute approximate surface area is 117 Å². The van der Waals surface area contributed by atoms with Crippen molar-refractivity contribution in [3.05, 3.63) is 0 Å². The first-order valence-electron chi connectivity index (χ1n) is 8.07. The highest BCUT2D eigenvalue weighted by atomic mass is 16.3. The topological polar surface area (TPSA) is 58.3 Å². The molecular formula is C16H30N2O. The molecule has 2 saturated heterocycles. The maximum absolute atomic E-state index is 11.4. The summed E-state index contributed by atoms with van der Waals surface area (Å²) in [5.74, 6) is 0. The lowest BCUT2D eigenvalue weighted by Crippen LogP contribution is -2.61. The van der Waals surface area contributed by atoms with Gasteiger partial charge in [-0.3, -0.25) is 0 Å². The molecule has 0 spiro atoms. The SMILES string of the molecule is CC1(C)CCC(CN)(C2(O)CC3CCC(C2)N3)CC1. The fourth-order valence-electron chi connectivity index (χ4n) is 4.82. The maximum atomic E-state index is 11.4. The summed E-state index contributed by atoms with van der Waals surface area (Å²) < 4.78 is 0. The Morgan fingerprint density at radius 2 is 1.58 bits per heavy atom. The third-order valence-electron chi connectivity index (χ3n) is 6.44. The molecule has 0 aromatic heterocycles. The molecule has 110 valence electrons. The smallest absolute Gasteiger partial charge is 0.0745 e. The van der Waals surface area contributed by atoms with E-state index in [1.807, 2.05) is 0 Å². The second kappa shape index (κ2) is 4.44. The summed E-state index contributed by atoms with van der Waals surface area (Å²) in [7, 11) is 0. The van der Waals surface area contributed by atoms with E-state index in [1.54, 1.807) is 0 Å². The van der Waals surface area contributed by atoms with Gasteiger partial charge in [-0.15, -0.1) is 0 Å². The van der Waals surface area contributed by atoms with Crippen LogP contribution in [0.4, 0.5) is 0 Å². The molecule has 2 unspecified atom stereocenters. The van der Waals surface area contributed by atoms with Crippen LogP contribution in [0.25, 0.3) is 0 Å². The van der Waals surface area contributed by atoms with E-state index in [1.165, 1.54) is 25.7 Å². The van der Waals surface area contributed by atoms with Crippen molar-refractivity contribution in [2.24, 2.45) is 16.6 Å². The molecule has 2 heterocycles. The lowest BCUT2D eigenvalue weighted by Gasteiger charge is -2.55. The van der Waals surface area contributed by atoms with Gasteiger partial charge in [-0.05, 0) is 56.8 Å². The third kappa shape index (κ3) is 2.24. The first-order valence-corrected chi connectivity index (χ1v) is 8.07. The number of hydrogen-bond donors (Lipinski definition) is 3. The lowest BCUT2D eigenvalue weighted by molar-refractivity contribution is -0.137. The van der Waals surface area contributed by atoms with E-state index in [9.17, 15) is 5.11 Å². The van der Waals surface area contributed by atoms with Crippen LogP contribution in [0.2, 0.25) is 0 Å². The number of aliphatic hydroxyl groups is 1. The Morgan fingerprint density at radius 3 is 2.05 bits per heavy atom. The van der Waals surface area contributed by atoms with Crippen molar-refractivity contribution in [3.8, 4) is 0 Å². The van der Waals surface area contributed by atoms with Gasteiger partial charge in [-0.2, -0.15) is 0 Å². The van der Waals surface area contributed by atoms with E-state index in [4.69, 9.17) is 5.73 Å². The summed E-state index contributed by atoms with van der Waals surface area (Å²) in [4.78, 5) is 0. The molecular weight excluding hydrogens is 236 g/mol. The molecule has 3 heteroatoms. The number of rotatable bonds is 2. The van der Waals surface area contributed by atoms with Crippen LogP contribution in [0, 0.1) is 10.8 Å². The van der Waals surface area contributed by atoms with Crippen LogP contribution >= 0.6 is 0 Å². The lowest BCUT2D eigenvalue weighted by atomic mass is 9.55. The number of hydrogen-bond acceptors (Lipinski definition) is 3. The molecule has 3 fully saturated rings. The summed E-state index contributed by atoms with van der Waals surface area (Å²) in [5, 5.41) is 15.0. The van der Waals surface area contributed by atoms with Gasteiger partial charge in [-0.1, -0.05) is 13.8 Å². The van der Waals surface area contributed by atoms with Crippen LogP contribution in [-0.4, -0.2) is 29.3 Å². The van der Waals surface area contributed by atoms with Crippen LogP contribution in [-0.2, 0) is 0 Å². The average Bonchev–Trinajstić information content (AvgIpc) is 2.69. The van der Waals surface area contributed by atoms with Crippen molar-refractivity contribution in [2.75, 3.05) is 6.54 Å². The number of nitrogens with one attached hydrogen (secondary N) is 1. The van der Waals surface area contributed by atoms with Crippen molar-refractivity contribution in [3.63, 3.8) is 0 Å². The molecule has 0 radical (unpaired) electrons. The fourth-order valence-corrected chi connectivity index (χ4v) is 4.82. The first-order chi connectivity index (χ1) is 8.88. The number of nitrogens with two attached hydrogens (primary N) is 1. The molecule has 0 aromatic carbocycles. The molecule has 1 saturated carbocycles. The Bertz CT molecular complexity index is 331. The summed E-state index contributed by atoms with van der Waals surface area (Å²) in [6, 6.07) is 1.06. The summed E-state index contributed by atoms with van der Waals surface area (Å²) in [5.41, 5.74) is 6.06. The highest BCUT2D eigenvalue weighted by Gasteiger charge is 2.56. The molecule has 3 nitrogen and oxygen atoms in total. The molecule has 4 N–H and O–H groups in total. The maximum Gasteiger partial charge on any atom is 0.0745 e. The predicted octanol–water partition coefficient (Wildman–Crippen LogP) is 2.18. The van der Waals surface area contributed by atoms with Gasteiger partial charge in [0.25, 0.3) is 0 Å². The summed E-state index contributed by atoms with van der Waals surface area (Å²) >= 11 is 0. The van der Waals surface area contributed by atoms with Crippen LogP contribution < -0.4 is 11.1 Å². The quantitative estimate of drug-likeness (QED) is 0.718. The van der Waals surface area contributed by atoms with Gasteiger partial charge in [0.1, 0.15) is 0 Å². The monoisotopic (exact) mass is 266 g/mol. The first kappa shape index (κ1) is 13.8. The van der Waals surface area contributed by atoms with E-state index in [2.05, 4.69) is 19.2 Å². The Hall–Kier alpha value is -0.120. The normalized spacial score (nSPS) is 44.2. The van der Waals surface area contributed by atoms with Crippen molar-refractivity contribution in [1.29, 1.82) is 0 Å². The van der Waals surface area contributed by atoms with Gasteiger partial charge in [0, 0.05) is 24.0 Å². The predicted molar refractivity (Wildman–Crippen MR) is 77.9 cm³/mol. The van der Waals surface area contributed by atoms with E-state index < -0.39 is 5.60 Å². The zero-order valence-corrected chi connectivity index (χ0v) is 12.5. The van der Waals surface area contributed by atoms with Gasteiger partial charge in [-0.25, -0.2) is 0 Å². The van der Waals surface area contributed by atoms with Crippen LogP contribution in [0.3, 0.4) is 0 Å². The molecule has 19 heavy (non-hydrogen) atoms. The standard InChI is InChI=1S/C16H30N2O/c1-14(2)5-7-15(11-17,8-6-14)16(19)9-12-3-4-13(10-16)18-12/h12-13,18-19H,3-11,17H2,1-2H3. The molecule has 3 aliphatic rings. The zero-order valence-electron chi connectivity index (χ0n) is 12.5. The summed E-state index contributed by atoms with van der Waals surface area (Å²) in [6.45, 7) is 5.35. The van der Waals surface area contributed by atoms with E-state index in [-0.39, 0.29) is 5.41 Å². The molecule has 1 aliphatic carbocycles. The molecule has 0 amide bonds. The average molecular weight is 266 g/mol. The minimum absolute atomic E-state index is 0.0224. The van der Waals surface area contributed by atoms with Gasteiger partial charge in [0.2, 0.25) is 0 Å². The van der Waals surface area contributed by atoms with Crippen molar-refractivity contribution < 1.29 is 5.11 Å². The Balaban J connectivity index is 1.82. The number of piperidine rings is 1. The molecule has 2 bridgehead atoms. The van der Waals surface area contributed by atoms with Crippen molar-refractivity contribution in [2.45, 2.75) is 82.9 Å². The fraction of sp³-hybridized carbons (Fsp3) is 1.00. The number of fused-ring (bicyclic) bond motifs is 2. The van der Waals surface area contributed by atoms with Crippen molar-refractivity contribution >= 4 is 0 Å². The van der Waals surface area contributed by atoms with Gasteiger partial charge in [0.15, 0.2) is 0 Å². The van der Waals surface area contributed by atoms with Crippen LogP contribution in [0.15, 0.2) is 0 Å². The largest absolute Gasteiger partial charge is 0.389 e. The third-order valence-corrected chi connectivity index (χ3v) is 6.44. The Morgan fingerprint density at radius 1 is 1.05 bits per heavy atom. The Kier molecular flexibility index (Phi) is 3.23. The highest BCUT2D eigenvalue weighted by Crippen LogP contribution is 2.54. The minimum Gasteiger partial charge on any atom is -0.389 e.